The molecule has 0 bridgehead atoms. The number of carbonyl (C=O) groups is 3. The second-order valence-electron chi connectivity index (χ2n) is 8.88. The van der Waals surface area contributed by atoms with E-state index in [1.807, 2.05) is 12.2 Å². The van der Waals surface area contributed by atoms with Gasteiger partial charge in [0, 0.05) is 7.11 Å². The molecule has 11 heteroatoms. The predicted octanol–water partition coefficient (Wildman–Crippen LogP) is 1.46. The maximum Gasteiger partial charge on any atom is 0.355 e. The molecule has 0 N–H and O–H groups in total. The SMILES string of the molecule is COC(=O)C1=CC2=C(CC=CC2)c2c(C(OC)(C(=O)OC)C(=O)OC)c(=O)n(Cc3ccccc3)c(=O)n2C1. The summed E-state index contributed by atoms with van der Waals surface area (Å²) in [6.07, 6.45) is 5.93. The van der Waals surface area contributed by atoms with Gasteiger partial charge in [-0.15, -0.1) is 0 Å². The largest absolute Gasteiger partial charge is 0.466 e. The Morgan fingerprint density at radius 3 is 2.13 bits per heavy atom. The number of hydrogen-bond acceptors (Lipinski definition) is 9. The van der Waals surface area contributed by atoms with Crippen LogP contribution in [0.25, 0.3) is 5.57 Å². The van der Waals surface area contributed by atoms with Crippen LogP contribution in [-0.2, 0) is 52.0 Å². The van der Waals surface area contributed by atoms with Crippen molar-refractivity contribution in [2.75, 3.05) is 28.4 Å². The summed E-state index contributed by atoms with van der Waals surface area (Å²) in [5.41, 5.74) is -2.96. The van der Waals surface area contributed by atoms with Crippen LogP contribution in [0.15, 0.2) is 69.3 Å². The van der Waals surface area contributed by atoms with E-state index in [0.717, 1.165) is 25.9 Å². The van der Waals surface area contributed by atoms with Gasteiger partial charge in [-0.25, -0.2) is 19.2 Å². The summed E-state index contributed by atoms with van der Waals surface area (Å²) in [7, 11) is 4.38. The molecule has 0 saturated heterocycles. The molecule has 0 fully saturated rings. The standard InChI is InChI=1S/C28H28N2O9/c1-36-24(32)19-14-18-12-8-9-13-20(18)22-21(28(39-4,25(33)37-2)26(34)38-3)23(31)30(27(35)29(22)16-19)15-17-10-6-5-7-11-17/h5-11,14H,12-13,15-16H2,1-4H3. The molecule has 39 heavy (non-hydrogen) atoms. The van der Waals surface area contributed by atoms with Crippen molar-refractivity contribution in [3.8, 4) is 0 Å². The Balaban J connectivity index is 2.20. The molecular formula is C28H28N2O9. The third-order valence-corrected chi connectivity index (χ3v) is 6.84. The van der Waals surface area contributed by atoms with E-state index in [2.05, 4.69) is 0 Å². The van der Waals surface area contributed by atoms with Crippen molar-refractivity contribution in [1.82, 2.24) is 9.13 Å². The molecule has 2 aliphatic rings. The lowest BCUT2D eigenvalue weighted by Crippen LogP contribution is -2.55. The summed E-state index contributed by atoms with van der Waals surface area (Å²) in [6.45, 7) is -0.477. The van der Waals surface area contributed by atoms with Crippen LogP contribution in [0.4, 0.5) is 0 Å². The monoisotopic (exact) mass is 536 g/mol. The van der Waals surface area contributed by atoms with Gasteiger partial charge in [-0.05, 0) is 35.6 Å². The van der Waals surface area contributed by atoms with Crippen LogP contribution >= 0.6 is 0 Å². The molecule has 1 aliphatic carbocycles. The third-order valence-electron chi connectivity index (χ3n) is 6.84. The fraction of sp³-hybridized carbons (Fsp3) is 0.321. The van der Waals surface area contributed by atoms with Crippen molar-refractivity contribution in [1.29, 1.82) is 0 Å². The Bertz CT molecular complexity index is 1530. The highest BCUT2D eigenvalue weighted by Crippen LogP contribution is 2.38. The number of hydrogen-bond donors (Lipinski definition) is 0. The van der Waals surface area contributed by atoms with Crippen molar-refractivity contribution in [2.45, 2.75) is 31.5 Å². The minimum Gasteiger partial charge on any atom is -0.466 e. The van der Waals surface area contributed by atoms with Gasteiger partial charge in [0.15, 0.2) is 0 Å². The summed E-state index contributed by atoms with van der Waals surface area (Å²) in [6, 6.07) is 8.71. The van der Waals surface area contributed by atoms with Crippen molar-refractivity contribution < 1.29 is 33.3 Å². The fourth-order valence-electron chi connectivity index (χ4n) is 4.97. The smallest absolute Gasteiger partial charge is 0.355 e. The molecule has 11 nitrogen and oxygen atoms in total. The molecule has 204 valence electrons. The van der Waals surface area contributed by atoms with Gasteiger partial charge in [0.25, 0.3) is 11.2 Å². The maximum absolute atomic E-state index is 14.3. The second-order valence-corrected chi connectivity index (χ2v) is 8.88. The minimum absolute atomic E-state index is 0.0125. The van der Waals surface area contributed by atoms with Gasteiger partial charge in [0.1, 0.15) is 0 Å². The zero-order chi connectivity index (χ0) is 28.3. The van der Waals surface area contributed by atoms with E-state index in [9.17, 15) is 24.0 Å². The number of nitrogens with zero attached hydrogens (tertiary/aromatic N) is 2. The van der Waals surface area contributed by atoms with Gasteiger partial charge in [-0.3, -0.25) is 13.9 Å². The van der Waals surface area contributed by atoms with Gasteiger partial charge < -0.3 is 18.9 Å². The summed E-state index contributed by atoms with van der Waals surface area (Å²) < 4.78 is 22.4. The highest BCUT2D eigenvalue weighted by Gasteiger charge is 2.56. The van der Waals surface area contributed by atoms with Crippen LogP contribution in [0.5, 0.6) is 0 Å². The zero-order valence-electron chi connectivity index (χ0n) is 22.0. The Morgan fingerprint density at radius 2 is 1.54 bits per heavy atom. The quantitative estimate of drug-likeness (QED) is 0.223. The Kier molecular flexibility index (Phi) is 7.82. The fourth-order valence-corrected chi connectivity index (χ4v) is 4.97. The first-order valence-corrected chi connectivity index (χ1v) is 12.0. The highest BCUT2D eigenvalue weighted by molar-refractivity contribution is 6.05. The van der Waals surface area contributed by atoms with E-state index in [4.69, 9.17) is 18.9 Å². The molecule has 0 amide bonds. The zero-order valence-corrected chi connectivity index (χ0v) is 22.0. The molecule has 0 atom stereocenters. The van der Waals surface area contributed by atoms with Gasteiger partial charge in [0.05, 0.1) is 51.2 Å². The highest BCUT2D eigenvalue weighted by atomic mass is 16.6. The molecule has 2 heterocycles. The molecule has 1 aromatic carbocycles. The molecule has 1 aliphatic heterocycles. The van der Waals surface area contributed by atoms with Gasteiger partial charge in [0.2, 0.25) is 0 Å². The number of allylic oxidation sites excluding steroid dienone is 5. The summed E-state index contributed by atoms with van der Waals surface area (Å²) in [5.74, 6) is -3.08. The van der Waals surface area contributed by atoms with E-state index >= 15 is 0 Å². The Morgan fingerprint density at radius 1 is 0.897 bits per heavy atom. The number of esters is 3. The van der Waals surface area contributed by atoms with E-state index in [-0.39, 0.29) is 30.8 Å². The number of aromatic nitrogens is 2. The lowest BCUT2D eigenvalue weighted by atomic mass is 9.85. The van der Waals surface area contributed by atoms with Crippen LogP contribution in [0.3, 0.4) is 0 Å². The van der Waals surface area contributed by atoms with Gasteiger partial charge >= 0.3 is 23.6 Å². The number of carbonyl (C=O) groups excluding carboxylic acids is 3. The summed E-state index contributed by atoms with van der Waals surface area (Å²) in [5, 5.41) is 0. The van der Waals surface area contributed by atoms with Crippen molar-refractivity contribution in [2.24, 2.45) is 0 Å². The van der Waals surface area contributed by atoms with Crippen molar-refractivity contribution in [3.63, 3.8) is 0 Å². The second kappa shape index (κ2) is 11.1. The average molecular weight is 537 g/mol. The van der Waals surface area contributed by atoms with E-state index in [0.29, 0.717) is 23.1 Å². The molecular weight excluding hydrogens is 508 g/mol. The number of rotatable bonds is 7. The molecule has 4 rings (SSSR count). The molecule has 0 saturated carbocycles. The lowest BCUT2D eigenvalue weighted by Gasteiger charge is -2.31. The summed E-state index contributed by atoms with van der Waals surface area (Å²) >= 11 is 0. The number of fused-ring (bicyclic) bond motifs is 2. The third kappa shape index (κ3) is 4.54. The average Bonchev–Trinajstić information content (AvgIpc) is 3.14. The van der Waals surface area contributed by atoms with Crippen molar-refractivity contribution in [3.05, 3.63) is 97.4 Å². The van der Waals surface area contributed by atoms with Gasteiger partial charge in [-0.2, -0.15) is 0 Å². The van der Waals surface area contributed by atoms with E-state index in [1.165, 1.54) is 11.7 Å². The maximum atomic E-state index is 14.3. The first-order chi connectivity index (χ1) is 18.7. The van der Waals surface area contributed by atoms with Crippen LogP contribution in [0.1, 0.15) is 29.7 Å². The number of methoxy groups -OCH3 is 4. The van der Waals surface area contributed by atoms with Gasteiger partial charge in [-0.1, -0.05) is 42.5 Å². The Labute approximate surface area is 223 Å². The predicted molar refractivity (Wildman–Crippen MR) is 139 cm³/mol. The normalized spacial score (nSPS) is 14.5. The van der Waals surface area contributed by atoms with Crippen molar-refractivity contribution >= 4 is 23.5 Å². The molecule has 0 unspecified atom stereocenters. The number of ether oxygens (including phenoxy) is 4. The molecule has 2 aromatic rings. The molecule has 1 aromatic heterocycles. The molecule has 0 spiro atoms. The van der Waals surface area contributed by atoms with E-state index < -0.39 is 40.3 Å². The molecule has 0 radical (unpaired) electrons. The van der Waals surface area contributed by atoms with Crippen LogP contribution in [0, 0.1) is 0 Å². The first kappa shape index (κ1) is 27.5. The van der Waals surface area contributed by atoms with Crippen LogP contribution in [-0.4, -0.2) is 55.5 Å². The summed E-state index contributed by atoms with van der Waals surface area (Å²) in [4.78, 5) is 67.6. The lowest BCUT2D eigenvalue weighted by molar-refractivity contribution is -0.186. The minimum atomic E-state index is -2.67. The Hall–Kier alpha value is -4.51. The van der Waals surface area contributed by atoms with E-state index in [1.54, 1.807) is 36.4 Å². The van der Waals surface area contributed by atoms with Crippen LogP contribution in [0.2, 0.25) is 0 Å². The topological polar surface area (TPSA) is 132 Å². The first-order valence-electron chi connectivity index (χ1n) is 12.0. The van der Waals surface area contributed by atoms with Crippen LogP contribution < -0.4 is 11.2 Å². The number of benzene rings is 1.